The summed E-state index contributed by atoms with van der Waals surface area (Å²) in [5.74, 6) is -0.253. The molecule has 1 amide bonds. The molecular formula is C5H7N3O. The van der Waals surface area contributed by atoms with E-state index in [9.17, 15) is 4.79 Å². The summed E-state index contributed by atoms with van der Waals surface area (Å²) in [6.07, 6.45) is 1.61. The van der Waals surface area contributed by atoms with Gasteiger partial charge in [0.25, 0.3) is 5.91 Å². The number of amides is 1. The second kappa shape index (κ2) is 1.89. The maximum Gasteiger partial charge on any atom is 0.252 e. The van der Waals surface area contributed by atoms with Crippen LogP contribution in [-0.2, 0) is 4.79 Å². The van der Waals surface area contributed by atoms with Crippen molar-refractivity contribution in [3.05, 3.63) is 11.6 Å². The van der Waals surface area contributed by atoms with Gasteiger partial charge in [0.05, 0.1) is 12.1 Å². The van der Waals surface area contributed by atoms with E-state index in [-0.39, 0.29) is 5.84 Å². The molecule has 1 aliphatic rings. The van der Waals surface area contributed by atoms with Gasteiger partial charge in [0, 0.05) is 0 Å². The standard InChI is InChI=1S/C5H7N3O/c6-4-3(5(7)9)1-2-8-4/h1H,2H2,(H2,6,8)(H2,7,9). The Morgan fingerprint density at radius 2 is 2.44 bits per heavy atom. The van der Waals surface area contributed by atoms with Crippen molar-refractivity contribution in [3.63, 3.8) is 0 Å². The average Bonchev–Trinajstić information content (AvgIpc) is 2.13. The first-order valence-corrected chi connectivity index (χ1v) is 2.52. The van der Waals surface area contributed by atoms with Gasteiger partial charge in [-0.1, -0.05) is 0 Å². The van der Waals surface area contributed by atoms with E-state index in [4.69, 9.17) is 11.5 Å². The number of rotatable bonds is 1. The van der Waals surface area contributed by atoms with Crippen LogP contribution in [0.3, 0.4) is 0 Å². The smallest absolute Gasteiger partial charge is 0.252 e. The van der Waals surface area contributed by atoms with Crippen LogP contribution >= 0.6 is 0 Å². The van der Waals surface area contributed by atoms with E-state index < -0.39 is 5.91 Å². The molecule has 1 rings (SSSR count). The molecule has 0 fully saturated rings. The molecule has 0 saturated carbocycles. The number of aliphatic imine (C=N–C) groups is 1. The Hall–Kier alpha value is -1.32. The van der Waals surface area contributed by atoms with Gasteiger partial charge in [-0.25, -0.2) is 0 Å². The lowest BCUT2D eigenvalue weighted by Gasteiger charge is -1.92. The quantitative estimate of drug-likeness (QED) is 0.460. The van der Waals surface area contributed by atoms with Crippen LogP contribution in [0.25, 0.3) is 0 Å². The van der Waals surface area contributed by atoms with Crippen molar-refractivity contribution in [1.29, 1.82) is 0 Å². The first-order chi connectivity index (χ1) is 4.22. The van der Waals surface area contributed by atoms with Crippen molar-refractivity contribution in [2.24, 2.45) is 16.5 Å². The van der Waals surface area contributed by atoms with Crippen LogP contribution in [0, 0.1) is 0 Å². The SMILES string of the molecule is NC(=O)C1=CCN=C1N. The molecule has 0 bridgehead atoms. The summed E-state index contributed by atoms with van der Waals surface area (Å²) in [6.45, 7) is 0.476. The van der Waals surface area contributed by atoms with Crippen molar-refractivity contribution in [2.45, 2.75) is 0 Å². The van der Waals surface area contributed by atoms with Crippen LogP contribution in [0.2, 0.25) is 0 Å². The van der Waals surface area contributed by atoms with Crippen LogP contribution in [-0.4, -0.2) is 18.3 Å². The number of amidine groups is 1. The molecule has 1 aliphatic heterocycles. The Bertz CT molecular complexity index is 204. The Morgan fingerprint density at radius 1 is 1.78 bits per heavy atom. The van der Waals surface area contributed by atoms with Crippen molar-refractivity contribution in [3.8, 4) is 0 Å². The lowest BCUT2D eigenvalue weighted by atomic mass is 10.2. The first-order valence-electron chi connectivity index (χ1n) is 2.52. The van der Waals surface area contributed by atoms with Gasteiger partial charge < -0.3 is 11.5 Å². The number of nitrogens with zero attached hydrogens (tertiary/aromatic N) is 1. The third-order valence-corrected chi connectivity index (χ3v) is 1.10. The maximum absolute atomic E-state index is 10.4. The zero-order valence-electron chi connectivity index (χ0n) is 4.79. The summed E-state index contributed by atoms with van der Waals surface area (Å²) in [5.41, 5.74) is 10.5. The zero-order valence-corrected chi connectivity index (χ0v) is 4.79. The third kappa shape index (κ3) is 0.910. The molecule has 48 valence electrons. The van der Waals surface area contributed by atoms with Gasteiger partial charge in [0.2, 0.25) is 0 Å². The van der Waals surface area contributed by atoms with E-state index >= 15 is 0 Å². The molecule has 0 aliphatic carbocycles. The second-order valence-electron chi connectivity index (χ2n) is 1.71. The topological polar surface area (TPSA) is 81.5 Å². The molecule has 0 aromatic heterocycles. The highest BCUT2D eigenvalue weighted by Crippen LogP contribution is 2.00. The fourth-order valence-electron chi connectivity index (χ4n) is 0.652. The van der Waals surface area contributed by atoms with Gasteiger partial charge in [0.15, 0.2) is 0 Å². The molecule has 0 radical (unpaired) electrons. The third-order valence-electron chi connectivity index (χ3n) is 1.10. The number of primary amides is 1. The molecule has 4 heteroatoms. The Labute approximate surface area is 52.2 Å². The highest BCUT2D eigenvalue weighted by molar-refractivity contribution is 6.20. The minimum absolute atomic E-state index is 0.252. The monoisotopic (exact) mass is 125 g/mol. The van der Waals surface area contributed by atoms with E-state index in [0.717, 1.165) is 0 Å². The Balaban J connectivity index is 2.84. The van der Waals surface area contributed by atoms with Crippen molar-refractivity contribution >= 4 is 11.7 Å². The predicted octanol–water partition coefficient (Wildman–Crippen LogP) is -1.23. The first kappa shape index (κ1) is 5.81. The Morgan fingerprint density at radius 3 is 2.67 bits per heavy atom. The summed E-state index contributed by atoms with van der Waals surface area (Å²) in [6, 6.07) is 0. The van der Waals surface area contributed by atoms with E-state index in [1.165, 1.54) is 0 Å². The second-order valence-corrected chi connectivity index (χ2v) is 1.71. The summed E-state index contributed by atoms with van der Waals surface area (Å²) in [7, 11) is 0. The minimum atomic E-state index is -0.506. The molecule has 9 heavy (non-hydrogen) atoms. The number of hydrogen-bond donors (Lipinski definition) is 2. The summed E-state index contributed by atoms with van der Waals surface area (Å²) >= 11 is 0. The molecule has 0 atom stereocenters. The lowest BCUT2D eigenvalue weighted by molar-refractivity contribution is -0.114. The van der Waals surface area contributed by atoms with E-state index in [2.05, 4.69) is 4.99 Å². The van der Waals surface area contributed by atoms with Gasteiger partial charge in [-0.05, 0) is 6.08 Å². The normalized spacial score (nSPS) is 16.9. The average molecular weight is 125 g/mol. The van der Waals surface area contributed by atoms with Crippen LogP contribution in [0.4, 0.5) is 0 Å². The van der Waals surface area contributed by atoms with Gasteiger partial charge in [0.1, 0.15) is 5.84 Å². The fraction of sp³-hybridized carbons (Fsp3) is 0.200. The van der Waals surface area contributed by atoms with Crippen LogP contribution in [0.15, 0.2) is 16.6 Å². The molecule has 4 N–H and O–H groups in total. The maximum atomic E-state index is 10.4. The highest BCUT2D eigenvalue weighted by Gasteiger charge is 2.12. The van der Waals surface area contributed by atoms with Crippen LogP contribution in [0.1, 0.15) is 0 Å². The van der Waals surface area contributed by atoms with Gasteiger partial charge in [-0.3, -0.25) is 9.79 Å². The van der Waals surface area contributed by atoms with Crippen molar-refractivity contribution in [1.82, 2.24) is 0 Å². The van der Waals surface area contributed by atoms with E-state index in [0.29, 0.717) is 12.1 Å². The largest absolute Gasteiger partial charge is 0.383 e. The number of hydrogen-bond acceptors (Lipinski definition) is 3. The molecule has 0 saturated heterocycles. The number of carbonyl (C=O) groups excluding carboxylic acids is 1. The Kier molecular flexibility index (Phi) is 1.22. The summed E-state index contributed by atoms with van der Waals surface area (Å²) in [4.78, 5) is 14.1. The number of carbonyl (C=O) groups is 1. The molecule has 0 aromatic rings. The zero-order chi connectivity index (χ0) is 6.85. The lowest BCUT2D eigenvalue weighted by Crippen LogP contribution is -2.24. The summed E-state index contributed by atoms with van der Waals surface area (Å²) < 4.78 is 0. The number of nitrogens with two attached hydrogens (primary N) is 2. The molecular weight excluding hydrogens is 118 g/mol. The summed E-state index contributed by atoms with van der Waals surface area (Å²) in [5, 5.41) is 0. The van der Waals surface area contributed by atoms with Gasteiger partial charge in [-0.2, -0.15) is 0 Å². The molecule has 4 nitrogen and oxygen atoms in total. The van der Waals surface area contributed by atoms with E-state index in [1.807, 2.05) is 0 Å². The van der Waals surface area contributed by atoms with Gasteiger partial charge in [-0.15, -0.1) is 0 Å². The van der Waals surface area contributed by atoms with E-state index in [1.54, 1.807) is 6.08 Å². The molecule has 0 spiro atoms. The minimum Gasteiger partial charge on any atom is -0.383 e. The van der Waals surface area contributed by atoms with Crippen molar-refractivity contribution in [2.75, 3.05) is 6.54 Å². The van der Waals surface area contributed by atoms with Crippen LogP contribution in [0.5, 0.6) is 0 Å². The fourth-order valence-corrected chi connectivity index (χ4v) is 0.652. The molecule has 0 unspecified atom stereocenters. The highest BCUT2D eigenvalue weighted by atomic mass is 16.1. The molecule has 0 aromatic carbocycles. The molecule has 1 heterocycles. The van der Waals surface area contributed by atoms with Gasteiger partial charge >= 0.3 is 0 Å². The predicted molar refractivity (Wildman–Crippen MR) is 33.8 cm³/mol. The van der Waals surface area contributed by atoms with Crippen LogP contribution < -0.4 is 11.5 Å². The van der Waals surface area contributed by atoms with Crippen molar-refractivity contribution < 1.29 is 4.79 Å².